The molecule has 0 aliphatic carbocycles. The van der Waals surface area contributed by atoms with Gasteiger partial charge in [0.05, 0.1) is 11.3 Å². The number of nitrogen functional groups attached to an aromatic ring is 1. The Hall–Kier alpha value is -1.62. The lowest BCUT2D eigenvalue weighted by Crippen LogP contribution is -2.36. The van der Waals surface area contributed by atoms with Gasteiger partial charge in [-0.2, -0.15) is 0 Å². The third kappa shape index (κ3) is 3.67. The predicted molar refractivity (Wildman–Crippen MR) is 75.2 cm³/mol. The van der Waals surface area contributed by atoms with Crippen molar-refractivity contribution in [1.82, 2.24) is 4.90 Å². The van der Waals surface area contributed by atoms with E-state index < -0.39 is 5.82 Å². The summed E-state index contributed by atoms with van der Waals surface area (Å²) in [6.45, 7) is 6.18. The zero-order chi connectivity index (χ0) is 14.6. The summed E-state index contributed by atoms with van der Waals surface area (Å²) in [7, 11) is 1.72. The van der Waals surface area contributed by atoms with E-state index in [2.05, 4.69) is 19.3 Å². The van der Waals surface area contributed by atoms with Gasteiger partial charge in [0.2, 0.25) is 0 Å². The molecule has 4 nitrogen and oxygen atoms in total. The van der Waals surface area contributed by atoms with Crippen LogP contribution in [0, 0.1) is 11.7 Å². The van der Waals surface area contributed by atoms with Gasteiger partial charge in [0.1, 0.15) is 5.82 Å². The lowest BCUT2D eigenvalue weighted by Gasteiger charge is -2.27. The number of nitrogens with two attached hydrogens (primary N) is 1. The Bertz CT molecular complexity index is 448. The van der Waals surface area contributed by atoms with Crippen LogP contribution < -0.4 is 11.3 Å². The van der Waals surface area contributed by atoms with Crippen molar-refractivity contribution in [2.24, 2.45) is 11.8 Å². The number of hydrogen-bond acceptors (Lipinski definition) is 3. The molecule has 0 aromatic heterocycles. The van der Waals surface area contributed by atoms with E-state index in [9.17, 15) is 9.18 Å². The molecule has 0 bridgehead atoms. The van der Waals surface area contributed by atoms with E-state index in [0.717, 1.165) is 6.42 Å². The number of hydrogen-bond donors (Lipinski definition) is 2. The van der Waals surface area contributed by atoms with Crippen LogP contribution in [0.4, 0.5) is 10.1 Å². The molecule has 1 atom stereocenters. The SMILES string of the molecule is CC(C)CC(C)N(C)C(=O)c1cccc(F)c1NN. The largest absolute Gasteiger partial charge is 0.339 e. The molecular weight excluding hydrogens is 245 g/mol. The number of anilines is 1. The molecule has 1 rings (SSSR count). The van der Waals surface area contributed by atoms with Crippen molar-refractivity contribution in [1.29, 1.82) is 0 Å². The summed E-state index contributed by atoms with van der Waals surface area (Å²) in [6, 6.07) is 4.42. The Balaban J connectivity index is 2.97. The summed E-state index contributed by atoms with van der Waals surface area (Å²) in [5.74, 6) is 5.01. The maximum atomic E-state index is 13.6. The molecule has 0 saturated heterocycles. The summed E-state index contributed by atoms with van der Waals surface area (Å²) in [5, 5.41) is 0. The van der Waals surface area contributed by atoms with Crippen LogP contribution >= 0.6 is 0 Å². The summed E-state index contributed by atoms with van der Waals surface area (Å²) < 4.78 is 13.6. The van der Waals surface area contributed by atoms with Crippen LogP contribution in [0.3, 0.4) is 0 Å². The van der Waals surface area contributed by atoms with Crippen molar-refractivity contribution in [2.75, 3.05) is 12.5 Å². The lowest BCUT2D eigenvalue weighted by atomic mass is 10.0. The lowest BCUT2D eigenvalue weighted by molar-refractivity contribution is 0.0728. The van der Waals surface area contributed by atoms with Crippen LogP contribution in [0.5, 0.6) is 0 Å². The molecule has 19 heavy (non-hydrogen) atoms. The Labute approximate surface area is 113 Å². The van der Waals surface area contributed by atoms with Crippen LogP contribution in [0.15, 0.2) is 18.2 Å². The number of halogens is 1. The zero-order valence-corrected chi connectivity index (χ0v) is 11.9. The zero-order valence-electron chi connectivity index (χ0n) is 11.9. The van der Waals surface area contributed by atoms with Crippen LogP contribution in [-0.4, -0.2) is 23.9 Å². The molecule has 0 fully saturated rings. The molecule has 0 radical (unpaired) electrons. The first-order valence-corrected chi connectivity index (χ1v) is 6.40. The van der Waals surface area contributed by atoms with Gasteiger partial charge < -0.3 is 10.3 Å². The third-order valence-corrected chi connectivity index (χ3v) is 3.18. The van der Waals surface area contributed by atoms with Crippen molar-refractivity contribution in [3.63, 3.8) is 0 Å². The van der Waals surface area contributed by atoms with Gasteiger partial charge in [0.15, 0.2) is 0 Å². The average molecular weight is 267 g/mol. The normalized spacial score (nSPS) is 12.4. The molecule has 0 spiro atoms. The molecule has 0 heterocycles. The Kier molecular flexibility index (Phi) is 5.30. The Morgan fingerprint density at radius 1 is 1.42 bits per heavy atom. The molecule has 1 aromatic carbocycles. The summed E-state index contributed by atoms with van der Waals surface area (Å²) >= 11 is 0. The highest BCUT2D eigenvalue weighted by atomic mass is 19.1. The maximum absolute atomic E-state index is 13.6. The van der Waals surface area contributed by atoms with Crippen molar-refractivity contribution < 1.29 is 9.18 Å². The summed E-state index contributed by atoms with van der Waals surface area (Å²) in [6.07, 6.45) is 0.892. The second kappa shape index (κ2) is 6.52. The first kappa shape index (κ1) is 15.4. The number of amides is 1. The van der Waals surface area contributed by atoms with Crippen LogP contribution in [0.25, 0.3) is 0 Å². The quantitative estimate of drug-likeness (QED) is 0.637. The van der Waals surface area contributed by atoms with E-state index in [4.69, 9.17) is 5.84 Å². The van der Waals surface area contributed by atoms with Gasteiger partial charge in [-0.15, -0.1) is 0 Å². The molecule has 3 N–H and O–H groups in total. The fraction of sp³-hybridized carbons (Fsp3) is 0.500. The van der Waals surface area contributed by atoms with Gasteiger partial charge in [-0.25, -0.2) is 4.39 Å². The van der Waals surface area contributed by atoms with Crippen molar-refractivity contribution in [2.45, 2.75) is 33.2 Å². The van der Waals surface area contributed by atoms with Crippen molar-refractivity contribution in [3.8, 4) is 0 Å². The van der Waals surface area contributed by atoms with E-state index >= 15 is 0 Å². The van der Waals surface area contributed by atoms with E-state index in [1.54, 1.807) is 18.0 Å². The van der Waals surface area contributed by atoms with Gasteiger partial charge in [-0.05, 0) is 31.4 Å². The van der Waals surface area contributed by atoms with E-state index in [1.165, 1.54) is 12.1 Å². The van der Waals surface area contributed by atoms with E-state index in [-0.39, 0.29) is 23.2 Å². The Morgan fingerprint density at radius 3 is 2.58 bits per heavy atom. The van der Waals surface area contributed by atoms with Crippen molar-refractivity contribution in [3.05, 3.63) is 29.6 Å². The smallest absolute Gasteiger partial charge is 0.256 e. The number of nitrogens with one attached hydrogen (secondary N) is 1. The minimum atomic E-state index is -0.529. The van der Waals surface area contributed by atoms with Gasteiger partial charge in [0.25, 0.3) is 5.91 Å². The second-order valence-corrected chi connectivity index (χ2v) is 5.20. The number of carbonyl (C=O) groups excluding carboxylic acids is 1. The monoisotopic (exact) mass is 267 g/mol. The number of hydrazine groups is 1. The molecule has 0 aliphatic heterocycles. The number of nitrogens with zero attached hydrogens (tertiary/aromatic N) is 1. The summed E-state index contributed by atoms with van der Waals surface area (Å²) in [4.78, 5) is 14.0. The molecular formula is C14H22FN3O. The summed E-state index contributed by atoms with van der Waals surface area (Å²) in [5.41, 5.74) is 2.55. The molecule has 1 amide bonds. The first-order valence-electron chi connectivity index (χ1n) is 6.40. The Morgan fingerprint density at radius 2 is 2.05 bits per heavy atom. The first-order chi connectivity index (χ1) is 8.88. The predicted octanol–water partition coefficient (Wildman–Crippen LogP) is 2.62. The number of para-hydroxylation sites is 1. The third-order valence-electron chi connectivity index (χ3n) is 3.18. The average Bonchev–Trinajstić information content (AvgIpc) is 2.35. The van der Waals surface area contributed by atoms with Gasteiger partial charge >= 0.3 is 0 Å². The van der Waals surface area contributed by atoms with Gasteiger partial charge in [-0.3, -0.25) is 10.6 Å². The molecule has 106 valence electrons. The number of benzene rings is 1. The minimum Gasteiger partial charge on any atom is -0.339 e. The fourth-order valence-corrected chi connectivity index (χ4v) is 2.08. The highest BCUT2D eigenvalue weighted by Gasteiger charge is 2.22. The molecule has 1 aromatic rings. The van der Waals surface area contributed by atoms with Gasteiger partial charge in [0, 0.05) is 13.1 Å². The van der Waals surface area contributed by atoms with E-state index in [0.29, 0.717) is 5.92 Å². The van der Waals surface area contributed by atoms with Crippen LogP contribution in [-0.2, 0) is 0 Å². The van der Waals surface area contributed by atoms with Crippen LogP contribution in [0.1, 0.15) is 37.6 Å². The van der Waals surface area contributed by atoms with Crippen molar-refractivity contribution >= 4 is 11.6 Å². The van der Waals surface area contributed by atoms with Crippen LogP contribution in [0.2, 0.25) is 0 Å². The minimum absolute atomic E-state index is 0.0381. The standard InChI is InChI=1S/C14H22FN3O/c1-9(2)8-10(3)18(4)14(19)11-6-5-7-12(15)13(11)17-16/h5-7,9-10,17H,8,16H2,1-4H3. The van der Waals surface area contributed by atoms with E-state index in [1.807, 2.05) is 6.92 Å². The highest BCUT2D eigenvalue weighted by Crippen LogP contribution is 2.21. The molecule has 5 heteroatoms. The highest BCUT2D eigenvalue weighted by molar-refractivity contribution is 5.99. The second-order valence-electron chi connectivity index (χ2n) is 5.20. The number of rotatable bonds is 5. The molecule has 0 aliphatic rings. The molecule has 1 unspecified atom stereocenters. The molecule has 0 saturated carbocycles. The topological polar surface area (TPSA) is 58.4 Å². The fourth-order valence-electron chi connectivity index (χ4n) is 2.08. The maximum Gasteiger partial charge on any atom is 0.256 e. The van der Waals surface area contributed by atoms with Gasteiger partial charge in [-0.1, -0.05) is 19.9 Å². The number of carbonyl (C=O) groups is 1.